The van der Waals surface area contributed by atoms with Gasteiger partial charge in [-0.15, -0.1) is 0 Å². The van der Waals surface area contributed by atoms with Crippen LogP contribution in [-0.4, -0.2) is 119 Å². The van der Waals surface area contributed by atoms with Gasteiger partial charge >= 0.3 is 0 Å². The van der Waals surface area contributed by atoms with E-state index in [2.05, 4.69) is 82.8 Å². The first-order valence-electron chi connectivity index (χ1n) is 25.0. The highest BCUT2D eigenvalue weighted by atomic mass is 79.9. The van der Waals surface area contributed by atoms with Crippen molar-refractivity contribution in [2.45, 2.75) is 97.1 Å². The quantitative estimate of drug-likeness (QED) is 0.0763. The van der Waals surface area contributed by atoms with Gasteiger partial charge < -0.3 is 29.7 Å². The molecule has 2 aromatic heterocycles. The van der Waals surface area contributed by atoms with Crippen molar-refractivity contribution in [2.24, 2.45) is 0 Å². The highest BCUT2D eigenvalue weighted by Gasteiger charge is 2.50. The summed E-state index contributed by atoms with van der Waals surface area (Å²) < 4.78 is 21.4. The normalized spacial score (nSPS) is 20.8. The molecule has 17 heteroatoms. The zero-order valence-electron chi connectivity index (χ0n) is 40.9. The van der Waals surface area contributed by atoms with E-state index in [0.717, 1.165) is 139 Å². The third kappa shape index (κ3) is 9.32. The fourth-order valence-corrected chi connectivity index (χ4v) is 15.3. The minimum absolute atomic E-state index is 0.0843. The van der Waals surface area contributed by atoms with Crippen molar-refractivity contribution in [3.05, 3.63) is 87.7 Å². The van der Waals surface area contributed by atoms with Crippen LogP contribution in [-0.2, 0) is 30.8 Å². The fourth-order valence-electron chi connectivity index (χ4n) is 11.6. The number of aromatic nitrogens is 3. The monoisotopic (exact) mass is 1030 g/mol. The first-order valence-corrected chi connectivity index (χ1v) is 27.9. The summed E-state index contributed by atoms with van der Waals surface area (Å²) in [6, 6.07) is 18.2. The second kappa shape index (κ2) is 19.7. The number of nitrogens with zero attached hydrogens (tertiary/aromatic N) is 7. The lowest BCUT2D eigenvalue weighted by Gasteiger charge is -2.43. The molecule has 70 heavy (non-hydrogen) atoms. The number of amides is 3. The van der Waals surface area contributed by atoms with Crippen molar-refractivity contribution in [3.63, 3.8) is 0 Å². The molecule has 4 fully saturated rings. The molecule has 5 aliphatic heterocycles. The molecule has 0 aliphatic carbocycles. The number of hydrogen-bond acceptors (Lipinski definition) is 13. The number of imide groups is 1. The van der Waals surface area contributed by atoms with E-state index in [1.54, 1.807) is 11.1 Å². The molecular weight excluding hydrogens is 968 g/mol. The summed E-state index contributed by atoms with van der Waals surface area (Å²) >= 11 is 3.67. The number of benzene rings is 3. The van der Waals surface area contributed by atoms with Crippen molar-refractivity contribution >= 4 is 91.5 Å². The van der Waals surface area contributed by atoms with Crippen LogP contribution in [0, 0.1) is 13.8 Å². The number of carbonyl (C=O) groups excluding carboxylic acids is 3. The van der Waals surface area contributed by atoms with Crippen LogP contribution in [0.25, 0.3) is 10.9 Å². The standard InChI is InChI=1S/C53H64BrN10O5P/c1-6-69-45-31-44(33(2)30-41(45)58-52-55-32-38(54)49(60-52)57-40-15-14-39-37(13-12-34(3)56-39)48(40)70(68)28-7-8-29-70)63-22-19-36(20-23-63)62-26-24-61(25-27-62)21-18-35-10-9-11-42-47(35)53(4,5)51(67)64(42)43-16-17-46(65)59-50(43)66/h9-15,30-32,36,43H,6-8,16-29H2,1-5H3,(H,59,65,66)(H2,55,57,58,60). The van der Waals surface area contributed by atoms with Crippen molar-refractivity contribution < 1.29 is 23.7 Å². The Morgan fingerprint density at radius 3 is 2.40 bits per heavy atom. The van der Waals surface area contributed by atoms with E-state index in [1.807, 2.05) is 58.0 Å². The summed E-state index contributed by atoms with van der Waals surface area (Å²) in [7, 11) is -2.64. The van der Waals surface area contributed by atoms with E-state index in [-0.39, 0.29) is 18.2 Å². The average molecular weight is 1030 g/mol. The molecule has 0 spiro atoms. The molecule has 7 heterocycles. The highest BCUT2D eigenvalue weighted by molar-refractivity contribution is 9.10. The Morgan fingerprint density at radius 2 is 1.66 bits per heavy atom. The van der Waals surface area contributed by atoms with Crippen LogP contribution in [0.4, 0.5) is 34.5 Å². The van der Waals surface area contributed by atoms with E-state index in [1.165, 1.54) is 5.69 Å². The lowest BCUT2D eigenvalue weighted by molar-refractivity contribution is -0.136. The first kappa shape index (κ1) is 48.2. The van der Waals surface area contributed by atoms with Crippen LogP contribution in [0.3, 0.4) is 0 Å². The molecule has 3 amide bonds. The Bertz CT molecular complexity index is 2910. The van der Waals surface area contributed by atoms with Gasteiger partial charge in [-0.2, -0.15) is 4.98 Å². The molecule has 0 saturated carbocycles. The SMILES string of the molecule is CCOc1cc(N2CCC(N3CCN(CCc4cccc5c4C(C)(C)C(=O)N5C4CCC(=O)NC4=O)CC3)CC2)c(C)cc1Nc1ncc(Br)c(Nc2ccc3nc(C)ccc3c2P2(=O)CCCC2)n1. The largest absolute Gasteiger partial charge is 0.492 e. The summed E-state index contributed by atoms with van der Waals surface area (Å²) in [6.07, 6.45) is 8.59. The molecule has 3 aromatic carbocycles. The van der Waals surface area contributed by atoms with Gasteiger partial charge in [0.15, 0.2) is 0 Å². The number of aryl methyl sites for hydroxylation is 2. The highest BCUT2D eigenvalue weighted by Crippen LogP contribution is 2.54. The zero-order valence-corrected chi connectivity index (χ0v) is 43.4. The van der Waals surface area contributed by atoms with Crippen LogP contribution in [0.1, 0.15) is 81.7 Å². The molecule has 3 N–H and O–H groups in total. The smallest absolute Gasteiger partial charge is 0.249 e. The molecule has 0 radical (unpaired) electrons. The molecule has 4 saturated heterocycles. The molecule has 5 aromatic rings. The number of halogens is 1. The van der Waals surface area contributed by atoms with Gasteiger partial charge in [-0.1, -0.05) is 18.2 Å². The second-order valence-electron chi connectivity index (χ2n) is 20.2. The predicted molar refractivity (Wildman–Crippen MR) is 281 cm³/mol. The molecule has 10 rings (SSSR count). The van der Waals surface area contributed by atoms with Crippen molar-refractivity contribution in [1.29, 1.82) is 0 Å². The number of rotatable bonds is 13. The summed E-state index contributed by atoms with van der Waals surface area (Å²) in [5, 5.41) is 11.2. The molecule has 368 valence electrons. The van der Waals surface area contributed by atoms with Crippen LogP contribution >= 0.6 is 23.1 Å². The number of piperidine rings is 2. The van der Waals surface area contributed by atoms with Gasteiger partial charge in [0.2, 0.25) is 23.7 Å². The van der Waals surface area contributed by atoms with E-state index >= 15 is 0 Å². The Morgan fingerprint density at radius 1 is 0.886 bits per heavy atom. The maximum atomic E-state index is 14.5. The Balaban J connectivity index is 0.763. The molecule has 15 nitrogen and oxygen atoms in total. The summed E-state index contributed by atoms with van der Waals surface area (Å²) in [5.41, 5.74) is 7.85. The van der Waals surface area contributed by atoms with Crippen LogP contribution in [0.2, 0.25) is 0 Å². The molecular formula is C53H64BrN10O5P. The van der Waals surface area contributed by atoms with Crippen LogP contribution < -0.4 is 35.8 Å². The molecule has 1 atom stereocenters. The lowest BCUT2D eigenvalue weighted by atomic mass is 9.82. The molecule has 0 bridgehead atoms. The van der Waals surface area contributed by atoms with Gasteiger partial charge in [-0.25, -0.2) is 4.98 Å². The van der Waals surface area contributed by atoms with Gasteiger partial charge in [-0.05, 0) is 136 Å². The van der Waals surface area contributed by atoms with Crippen LogP contribution in [0.15, 0.2) is 65.3 Å². The fraction of sp³-hybridized carbons (Fsp3) is 0.472. The second-order valence-corrected chi connectivity index (χ2v) is 24.1. The third-order valence-electron chi connectivity index (χ3n) is 15.2. The number of pyridine rings is 1. The summed E-state index contributed by atoms with van der Waals surface area (Å²) in [5.74, 6) is 0.957. The van der Waals surface area contributed by atoms with Gasteiger partial charge in [0, 0.05) is 111 Å². The molecule has 1 unspecified atom stereocenters. The van der Waals surface area contributed by atoms with E-state index in [0.29, 0.717) is 47.6 Å². The number of hydrogen-bond donors (Lipinski definition) is 3. The Kier molecular flexibility index (Phi) is 13.5. The van der Waals surface area contributed by atoms with Crippen LogP contribution in [0.5, 0.6) is 5.75 Å². The topological polar surface area (TPSA) is 165 Å². The summed E-state index contributed by atoms with van der Waals surface area (Å²) in [4.78, 5) is 62.3. The number of anilines is 6. The third-order valence-corrected chi connectivity index (χ3v) is 19.2. The maximum absolute atomic E-state index is 14.5. The number of nitrogens with one attached hydrogen (secondary N) is 3. The maximum Gasteiger partial charge on any atom is 0.249 e. The molecule has 5 aliphatic rings. The number of piperazine rings is 1. The average Bonchev–Trinajstić information content (AvgIpc) is 3.88. The Hall–Kier alpha value is -5.41. The van der Waals surface area contributed by atoms with E-state index < -0.39 is 24.5 Å². The Labute approximate surface area is 419 Å². The van der Waals surface area contributed by atoms with E-state index in [9.17, 15) is 18.9 Å². The van der Waals surface area contributed by atoms with Gasteiger partial charge in [-0.3, -0.25) is 34.5 Å². The van der Waals surface area contributed by atoms with Gasteiger partial charge in [0.1, 0.15) is 24.8 Å². The lowest BCUT2D eigenvalue weighted by Crippen LogP contribution is -2.55. The van der Waals surface area contributed by atoms with Gasteiger partial charge in [0.05, 0.1) is 33.4 Å². The van der Waals surface area contributed by atoms with E-state index in [4.69, 9.17) is 14.7 Å². The number of ether oxygens (including phenoxy) is 1. The van der Waals surface area contributed by atoms with Crippen molar-refractivity contribution in [3.8, 4) is 5.75 Å². The zero-order chi connectivity index (χ0) is 48.9. The minimum atomic E-state index is -2.64. The number of carbonyl (C=O) groups is 3. The minimum Gasteiger partial charge on any atom is -0.492 e. The van der Waals surface area contributed by atoms with Gasteiger partial charge in [0.25, 0.3) is 0 Å². The number of fused-ring (bicyclic) bond motifs is 2. The first-order chi connectivity index (χ1) is 33.7. The summed E-state index contributed by atoms with van der Waals surface area (Å²) in [6.45, 7) is 17.4. The van der Waals surface area contributed by atoms with Crippen molar-refractivity contribution in [2.75, 3.05) is 85.2 Å². The predicted octanol–water partition coefficient (Wildman–Crippen LogP) is 8.33. The van der Waals surface area contributed by atoms with Crippen molar-refractivity contribution in [1.82, 2.24) is 30.1 Å².